The van der Waals surface area contributed by atoms with Crippen LogP contribution in [0.2, 0.25) is 0 Å². The summed E-state index contributed by atoms with van der Waals surface area (Å²) in [6, 6.07) is 0. The van der Waals surface area contributed by atoms with Gasteiger partial charge in [-0.05, 0) is 27.7 Å². The molecule has 74 valence electrons. The van der Waals surface area contributed by atoms with E-state index in [1.807, 2.05) is 20.8 Å². The fourth-order valence-electron chi connectivity index (χ4n) is 0.529. The van der Waals surface area contributed by atoms with Gasteiger partial charge in [-0.15, -0.1) is 0 Å². The Balaban J connectivity index is 3.79. The van der Waals surface area contributed by atoms with Gasteiger partial charge in [-0.2, -0.15) is 0 Å². The molecule has 0 aliphatic heterocycles. The molecule has 0 aromatic carbocycles. The average molecular weight is 184 g/mol. The molecular formula is C10H16O3. The Labute approximate surface area is 79.1 Å². The minimum Gasteiger partial charge on any atom is -0.451 e. The lowest BCUT2D eigenvalue weighted by Gasteiger charge is -2.07. The van der Waals surface area contributed by atoms with Crippen molar-refractivity contribution in [1.82, 2.24) is 0 Å². The zero-order valence-electron chi connectivity index (χ0n) is 8.55. The lowest BCUT2D eigenvalue weighted by molar-refractivity contribution is -0.150. The molecule has 3 nitrogen and oxygen atoms in total. The van der Waals surface area contributed by atoms with Crippen molar-refractivity contribution in [1.29, 1.82) is 0 Å². The summed E-state index contributed by atoms with van der Waals surface area (Å²) in [5.41, 5.74) is -0.0861. The van der Waals surface area contributed by atoms with E-state index in [-0.39, 0.29) is 12.0 Å². The van der Waals surface area contributed by atoms with Gasteiger partial charge in [0.05, 0.1) is 0 Å². The number of rotatable bonds is 2. The van der Waals surface area contributed by atoms with Crippen LogP contribution in [0.3, 0.4) is 0 Å². The maximum absolute atomic E-state index is 10.7. The quantitative estimate of drug-likeness (QED) is 0.513. The van der Waals surface area contributed by atoms with Gasteiger partial charge < -0.3 is 9.84 Å². The topological polar surface area (TPSA) is 46.5 Å². The summed E-state index contributed by atoms with van der Waals surface area (Å²) in [4.78, 5) is 10.7. The molecule has 0 amide bonds. The summed E-state index contributed by atoms with van der Waals surface area (Å²) in [5.74, 6) is 4.98. The first-order valence-corrected chi connectivity index (χ1v) is 4.17. The van der Waals surface area contributed by atoms with Crippen molar-refractivity contribution in [2.24, 2.45) is 5.41 Å². The molecule has 13 heavy (non-hydrogen) atoms. The predicted molar refractivity (Wildman–Crippen MR) is 49.9 cm³/mol. The van der Waals surface area contributed by atoms with Crippen LogP contribution < -0.4 is 0 Å². The van der Waals surface area contributed by atoms with Crippen molar-refractivity contribution in [3.8, 4) is 11.8 Å². The molecule has 0 aliphatic rings. The van der Waals surface area contributed by atoms with Crippen molar-refractivity contribution in [2.45, 2.75) is 33.8 Å². The second-order valence-electron chi connectivity index (χ2n) is 3.84. The summed E-state index contributed by atoms with van der Waals surface area (Å²) < 4.78 is 4.64. The van der Waals surface area contributed by atoms with Crippen molar-refractivity contribution >= 4 is 5.97 Å². The second kappa shape index (κ2) is 4.88. The summed E-state index contributed by atoms with van der Waals surface area (Å²) >= 11 is 0. The molecule has 0 saturated carbocycles. The fourth-order valence-corrected chi connectivity index (χ4v) is 0.529. The van der Waals surface area contributed by atoms with E-state index in [9.17, 15) is 4.79 Å². The van der Waals surface area contributed by atoms with Crippen molar-refractivity contribution in [2.75, 3.05) is 6.61 Å². The lowest BCUT2D eigenvalue weighted by atomic mass is 9.98. The number of aliphatic hydroxyl groups is 1. The van der Waals surface area contributed by atoms with E-state index < -0.39 is 12.1 Å². The van der Waals surface area contributed by atoms with Crippen LogP contribution in [0, 0.1) is 17.3 Å². The van der Waals surface area contributed by atoms with E-state index in [0.717, 1.165) is 0 Å². The molecule has 0 saturated heterocycles. The number of esters is 1. The molecular weight excluding hydrogens is 168 g/mol. The highest BCUT2D eigenvalue weighted by molar-refractivity contribution is 5.73. The number of hydrogen-bond acceptors (Lipinski definition) is 3. The highest BCUT2D eigenvalue weighted by Gasteiger charge is 2.08. The zero-order valence-corrected chi connectivity index (χ0v) is 8.55. The molecule has 0 aromatic rings. The van der Waals surface area contributed by atoms with Gasteiger partial charge in [0.1, 0.15) is 6.10 Å². The first-order chi connectivity index (χ1) is 5.83. The molecule has 0 aromatic heterocycles. The molecule has 0 fully saturated rings. The molecule has 0 spiro atoms. The lowest BCUT2D eigenvalue weighted by Crippen LogP contribution is -2.19. The molecule has 0 aliphatic carbocycles. The molecule has 1 N–H and O–H groups in total. The molecule has 0 bridgehead atoms. The van der Waals surface area contributed by atoms with E-state index in [0.29, 0.717) is 0 Å². The van der Waals surface area contributed by atoms with Gasteiger partial charge in [0, 0.05) is 5.41 Å². The van der Waals surface area contributed by atoms with Crippen molar-refractivity contribution < 1.29 is 14.6 Å². The van der Waals surface area contributed by atoms with Gasteiger partial charge in [0.2, 0.25) is 0 Å². The number of ether oxygens (including phenoxy) is 1. The summed E-state index contributed by atoms with van der Waals surface area (Å²) in [6.07, 6.45) is -1.07. The summed E-state index contributed by atoms with van der Waals surface area (Å²) in [5, 5.41) is 8.76. The predicted octanol–water partition coefficient (Wildman–Crippen LogP) is 0.960. The number of carbonyl (C=O) groups is 1. The van der Waals surface area contributed by atoms with Crippen LogP contribution in [0.25, 0.3) is 0 Å². The largest absolute Gasteiger partial charge is 0.451 e. The Hall–Kier alpha value is -1.01. The second-order valence-corrected chi connectivity index (χ2v) is 3.84. The summed E-state index contributed by atoms with van der Waals surface area (Å²) in [6.45, 7) is 7.31. The smallest absolute Gasteiger partial charge is 0.335 e. The van der Waals surface area contributed by atoms with E-state index >= 15 is 0 Å². The van der Waals surface area contributed by atoms with Crippen LogP contribution >= 0.6 is 0 Å². The van der Waals surface area contributed by atoms with Crippen LogP contribution in [-0.2, 0) is 9.53 Å². The third-order valence-corrected chi connectivity index (χ3v) is 1.09. The molecule has 1 atom stereocenters. The minimum atomic E-state index is -1.07. The van der Waals surface area contributed by atoms with E-state index in [1.54, 1.807) is 0 Å². The van der Waals surface area contributed by atoms with Crippen LogP contribution in [0.4, 0.5) is 0 Å². The highest BCUT2D eigenvalue weighted by atomic mass is 16.5. The van der Waals surface area contributed by atoms with Gasteiger partial charge in [0.15, 0.2) is 6.61 Å². The Morgan fingerprint density at radius 1 is 1.54 bits per heavy atom. The van der Waals surface area contributed by atoms with Gasteiger partial charge >= 0.3 is 5.97 Å². The van der Waals surface area contributed by atoms with E-state index in [4.69, 9.17) is 5.11 Å². The van der Waals surface area contributed by atoms with E-state index in [1.165, 1.54) is 6.92 Å². The summed E-state index contributed by atoms with van der Waals surface area (Å²) in [7, 11) is 0. The number of carbonyl (C=O) groups excluding carboxylic acids is 1. The van der Waals surface area contributed by atoms with Crippen molar-refractivity contribution in [3.05, 3.63) is 0 Å². The fraction of sp³-hybridized carbons (Fsp3) is 0.700. The Morgan fingerprint density at radius 2 is 2.08 bits per heavy atom. The maximum atomic E-state index is 10.7. The third kappa shape index (κ3) is 7.35. The molecule has 0 rings (SSSR count). The minimum absolute atomic E-state index is 0.0427. The van der Waals surface area contributed by atoms with Gasteiger partial charge in [-0.1, -0.05) is 11.8 Å². The number of hydrogen-bond donors (Lipinski definition) is 1. The Bertz CT molecular complexity index is 225. The molecule has 0 unspecified atom stereocenters. The highest BCUT2D eigenvalue weighted by Crippen LogP contribution is 2.09. The van der Waals surface area contributed by atoms with Crippen molar-refractivity contribution in [3.63, 3.8) is 0 Å². The van der Waals surface area contributed by atoms with Crippen LogP contribution in [0.1, 0.15) is 27.7 Å². The Kier molecular flexibility index (Phi) is 4.50. The molecule has 0 heterocycles. The van der Waals surface area contributed by atoms with Gasteiger partial charge in [-0.25, -0.2) is 4.79 Å². The molecule has 0 radical (unpaired) electrons. The van der Waals surface area contributed by atoms with Crippen LogP contribution in [0.5, 0.6) is 0 Å². The zero-order chi connectivity index (χ0) is 10.5. The standard InChI is InChI=1S/C10H16O3/c1-8(11)9(12)13-7-5-6-10(2,3)4/h8,11H,7H2,1-4H3/t8-/m1/s1. The number of aliphatic hydroxyl groups excluding tert-OH is 1. The SMILES string of the molecule is C[C@@H](O)C(=O)OCC#CC(C)(C)C. The van der Waals surface area contributed by atoms with Crippen LogP contribution in [-0.4, -0.2) is 23.8 Å². The first-order valence-electron chi connectivity index (χ1n) is 4.17. The Morgan fingerprint density at radius 3 is 2.46 bits per heavy atom. The molecule has 3 heteroatoms. The van der Waals surface area contributed by atoms with E-state index in [2.05, 4.69) is 16.6 Å². The normalized spacial score (nSPS) is 12.7. The van der Waals surface area contributed by atoms with Gasteiger partial charge in [-0.3, -0.25) is 0 Å². The van der Waals surface area contributed by atoms with Crippen LogP contribution in [0.15, 0.2) is 0 Å². The first kappa shape index (κ1) is 12.0. The third-order valence-electron chi connectivity index (χ3n) is 1.09. The average Bonchev–Trinajstić information content (AvgIpc) is 1.95. The maximum Gasteiger partial charge on any atom is 0.335 e. The monoisotopic (exact) mass is 184 g/mol. The van der Waals surface area contributed by atoms with Gasteiger partial charge in [0.25, 0.3) is 0 Å².